The van der Waals surface area contributed by atoms with Crippen molar-refractivity contribution in [3.8, 4) is 6.07 Å². The minimum atomic E-state index is -0.556. The summed E-state index contributed by atoms with van der Waals surface area (Å²) in [6.07, 6.45) is 1.40. The molecule has 0 saturated heterocycles. The number of nitriles is 1. The number of halogens is 2. The maximum atomic E-state index is 13.2. The molecule has 0 unspecified atom stereocenters. The second-order valence-electron chi connectivity index (χ2n) is 5.30. The van der Waals surface area contributed by atoms with Gasteiger partial charge in [-0.1, -0.05) is 23.7 Å². The number of hydrogen-bond acceptors (Lipinski definition) is 4. The zero-order chi connectivity index (χ0) is 18.5. The van der Waals surface area contributed by atoms with Gasteiger partial charge in [0.15, 0.2) is 0 Å². The number of carbonyl (C=O) groups excluding carboxylic acids is 1. The molecule has 3 rings (SSSR count). The van der Waals surface area contributed by atoms with Crippen LogP contribution in [0.4, 0.5) is 21.6 Å². The van der Waals surface area contributed by atoms with Gasteiger partial charge in [-0.2, -0.15) is 5.26 Å². The molecule has 0 fully saturated rings. The number of nitrogens with zero attached hydrogens (tertiary/aromatic N) is 2. The van der Waals surface area contributed by atoms with Crippen LogP contribution >= 0.6 is 11.6 Å². The van der Waals surface area contributed by atoms with Crippen LogP contribution in [0.1, 0.15) is 15.9 Å². The van der Waals surface area contributed by atoms with Gasteiger partial charge in [-0.15, -0.1) is 0 Å². The van der Waals surface area contributed by atoms with Crippen molar-refractivity contribution < 1.29 is 9.18 Å². The van der Waals surface area contributed by atoms with Crippen LogP contribution in [-0.2, 0) is 0 Å². The van der Waals surface area contributed by atoms with Crippen LogP contribution in [-0.4, -0.2) is 10.9 Å². The molecule has 2 N–H and O–H groups in total. The van der Waals surface area contributed by atoms with Crippen molar-refractivity contribution in [1.29, 1.82) is 5.26 Å². The highest BCUT2D eigenvalue weighted by atomic mass is 35.5. The van der Waals surface area contributed by atoms with Crippen LogP contribution in [0.2, 0.25) is 5.02 Å². The molecule has 1 heterocycles. The van der Waals surface area contributed by atoms with E-state index in [9.17, 15) is 9.18 Å². The molecule has 0 saturated carbocycles. The number of para-hydroxylation sites is 1. The second-order valence-corrected chi connectivity index (χ2v) is 5.70. The molecule has 0 atom stereocenters. The summed E-state index contributed by atoms with van der Waals surface area (Å²) in [4.78, 5) is 16.4. The fourth-order valence-corrected chi connectivity index (χ4v) is 2.39. The first-order valence-electron chi connectivity index (χ1n) is 7.55. The van der Waals surface area contributed by atoms with E-state index in [4.69, 9.17) is 16.9 Å². The lowest BCUT2D eigenvalue weighted by Crippen LogP contribution is -2.12. The summed E-state index contributed by atoms with van der Waals surface area (Å²) in [7, 11) is 0. The molecular formula is C19H12ClFN4O. The van der Waals surface area contributed by atoms with Crippen LogP contribution in [0.3, 0.4) is 0 Å². The maximum Gasteiger partial charge on any atom is 0.257 e. The number of amides is 1. The normalized spacial score (nSPS) is 10.0. The van der Waals surface area contributed by atoms with Gasteiger partial charge in [-0.3, -0.25) is 4.79 Å². The summed E-state index contributed by atoms with van der Waals surface area (Å²) >= 11 is 5.70. The number of hydrogen-bond donors (Lipinski definition) is 2. The van der Waals surface area contributed by atoms with Crippen LogP contribution in [0, 0.1) is 17.1 Å². The van der Waals surface area contributed by atoms with Gasteiger partial charge in [0.05, 0.1) is 21.8 Å². The Kier molecular flexibility index (Phi) is 5.11. The first-order chi connectivity index (χ1) is 12.6. The third-order valence-corrected chi connectivity index (χ3v) is 3.80. The van der Waals surface area contributed by atoms with E-state index in [-0.39, 0.29) is 5.02 Å². The molecule has 0 spiro atoms. The summed E-state index contributed by atoms with van der Waals surface area (Å²) in [5, 5.41) is 14.7. The van der Waals surface area contributed by atoms with Gasteiger partial charge in [0, 0.05) is 11.9 Å². The summed E-state index contributed by atoms with van der Waals surface area (Å²) in [5.74, 6) is -0.461. The van der Waals surface area contributed by atoms with Crippen molar-refractivity contribution in [2.24, 2.45) is 0 Å². The monoisotopic (exact) mass is 366 g/mol. The second kappa shape index (κ2) is 7.64. The Balaban J connectivity index is 1.71. The molecule has 3 aromatic rings. The van der Waals surface area contributed by atoms with E-state index in [0.717, 1.165) is 0 Å². The summed E-state index contributed by atoms with van der Waals surface area (Å²) in [6.45, 7) is 0. The van der Waals surface area contributed by atoms with Crippen molar-refractivity contribution in [3.63, 3.8) is 0 Å². The highest BCUT2D eigenvalue weighted by molar-refractivity contribution is 6.31. The Hall–Kier alpha value is -3.43. The van der Waals surface area contributed by atoms with E-state index in [1.54, 1.807) is 36.4 Å². The van der Waals surface area contributed by atoms with Crippen molar-refractivity contribution >= 4 is 34.7 Å². The Morgan fingerprint density at radius 2 is 1.96 bits per heavy atom. The van der Waals surface area contributed by atoms with Gasteiger partial charge >= 0.3 is 0 Å². The van der Waals surface area contributed by atoms with Gasteiger partial charge in [-0.25, -0.2) is 9.37 Å². The van der Waals surface area contributed by atoms with E-state index in [2.05, 4.69) is 21.7 Å². The van der Waals surface area contributed by atoms with E-state index in [1.165, 1.54) is 24.4 Å². The third-order valence-electron chi connectivity index (χ3n) is 3.51. The van der Waals surface area contributed by atoms with E-state index in [1.807, 2.05) is 0 Å². The first kappa shape index (κ1) is 17.4. The molecule has 1 aromatic heterocycles. The van der Waals surface area contributed by atoms with Gasteiger partial charge in [-0.05, 0) is 42.5 Å². The zero-order valence-electron chi connectivity index (χ0n) is 13.3. The summed E-state index contributed by atoms with van der Waals surface area (Å²) < 4.78 is 13.2. The lowest BCUT2D eigenvalue weighted by Gasteiger charge is -2.09. The first-order valence-corrected chi connectivity index (χ1v) is 7.93. The standard InChI is InChI=1S/C19H12ClFN4O/c20-15-9-14(6-7-16(15)21)24-19(26)13-5-8-18(23-11-13)25-17-4-2-1-3-12(17)10-22/h1-9,11H,(H,23,25)(H,24,26). The fourth-order valence-electron chi connectivity index (χ4n) is 2.21. The molecule has 0 bridgehead atoms. The largest absolute Gasteiger partial charge is 0.339 e. The van der Waals surface area contributed by atoms with Gasteiger partial charge in [0.1, 0.15) is 17.7 Å². The molecule has 0 aliphatic rings. The average molecular weight is 367 g/mol. The van der Waals surface area contributed by atoms with Crippen molar-refractivity contribution in [2.45, 2.75) is 0 Å². The Morgan fingerprint density at radius 1 is 1.15 bits per heavy atom. The molecule has 0 aliphatic heterocycles. The molecule has 0 radical (unpaired) electrons. The van der Waals surface area contributed by atoms with Crippen LogP contribution in [0.15, 0.2) is 60.8 Å². The molecule has 2 aromatic carbocycles. The molecule has 1 amide bonds. The van der Waals surface area contributed by atoms with E-state index in [0.29, 0.717) is 28.3 Å². The van der Waals surface area contributed by atoms with E-state index >= 15 is 0 Å². The average Bonchev–Trinajstić information content (AvgIpc) is 2.66. The number of benzene rings is 2. The number of pyridine rings is 1. The molecule has 26 heavy (non-hydrogen) atoms. The molecule has 7 heteroatoms. The molecule has 128 valence electrons. The predicted molar refractivity (Wildman–Crippen MR) is 98.0 cm³/mol. The Labute approximate surface area is 154 Å². The highest BCUT2D eigenvalue weighted by Gasteiger charge is 2.09. The lowest BCUT2D eigenvalue weighted by molar-refractivity contribution is 0.102. The summed E-state index contributed by atoms with van der Waals surface area (Å²) in [6, 6.07) is 16.3. The zero-order valence-corrected chi connectivity index (χ0v) is 14.1. The number of carbonyl (C=O) groups is 1. The van der Waals surface area contributed by atoms with Gasteiger partial charge < -0.3 is 10.6 Å². The van der Waals surface area contributed by atoms with Crippen molar-refractivity contribution in [2.75, 3.05) is 10.6 Å². The Bertz CT molecular complexity index is 999. The highest BCUT2D eigenvalue weighted by Crippen LogP contribution is 2.21. The van der Waals surface area contributed by atoms with Gasteiger partial charge in [0.2, 0.25) is 0 Å². The van der Waals surface area contributed by atoms with Crippen LogP contribution < -0.4 is 10.6 Å². The lowest BCUT2D eigenvalue weighted by atomic mass is 10.2. The topological polar surface area (TPSA) is 77.8 Å². The maximum absolute atomic E-state index is 13.2. The fraction of sp³-hybridized carbons (Fsp3) is 0. The van der Waals surface area contributed by atoms with E-state index < -0.39 is 11.7 Å². The SMILES string of the molecule is N#Cc1ccccc1Nc1ccc(C(=O)Nc2ccc(F)c(Cl)c2)cn1. The van der Waals surface area contributed by atoms with Crippen molar-refractivity contribution in [1.82, 2.24) is 4.98 Å². The van der Waals surface area contributed by atoms with Crippen molar-refractivity contribution in [3.05, 3.63) is 82.8 Å². The minimum Gasteiger partial charge on any atom is -0.339 e. The minimum absolute atomic E-state index is 0.0726. The van der Waals surface area contributed by atoms with Crippen LogP contribution in [0.25, 0.3) is 0 Å². The Morgan fingerprint density at radius 3 is 2.65 bits per heavy atom. The third kappa shape index (κ3) is 3.97. The quantitative estimate of drug-likeness (QED) is 0.699. The molecule has 0 aliphatic carbocycles. The number of nitrogens with one attached hydrogen (secondary N) is 2. The van der Waals surface area contributed by atoms with Crippen LogP contribution in [0.5, 0.6) is 0 Å². The number of aromatic nitrogens is 1. The molecule has 5 nitrogen and oxygen atoms in total. The number of anilines is 3. The smallest absolute Gasteiger partial charge is 0.257 e. The summed E-state index contributed by atoms with van der Waals surface area (Å²) in [5.41, 5.74) is 1.82. The predicted octanol–water partition coefficient (Wildman–Crippen LogP) is 4.74. The van der Waals surface area contributed by atoms with Gasteiger partial charge in [0.25, 0.3) is 5.91 Å². The molecular weight excluding hydrogens is 355 g/mol. The number of rotatable bonds is 4.